The molecule has 0 fully saturated rings. The number of hydrogen-bond acceptors (Lipinski definition) is 5. The zero-order chi connectivity index (χ0) is 20.8. The predicted octanol–water partition coefficient (Wildman–Crippen LogP) is 3.24. The number of benzene rings is 2. The molecule has 0 unspecified atom stereocenters. The SMILES string of the molecule is C[C@@H](OC(=O)c1ccc(=O)n(Cc2ccccc2)n1)C(=O)Nc1ccc(Br)cc1. The van der Waals surface area contributed by atoms with Crippen LogP contribution in [0.15, 0.2) is 76.0 Å². The first kappa shape index (κ1) is 20.5. The van der Waals surface area contributed by atoms with Crippen LogP contribution in [0.2, 0.25) is 0 Å². The fourth-order valence-corrected chi connectivity index (χ4v) is 2.74. The minimum atomic E-state index is -1.04. The molecule has 1 N–H and O–H groups in total. The number of carbonyl (C=O) groups is 2. The Morgan fingerprint density at radius 2 is 1.76 bits per heavy atom. The van der Waals surface area contributed by atoms with Gasteiger partial charge in [0.2, 0.25) is 0 Å². The second-order valence-corrected chi connectivity index (χ2v) is 7.16. The van der Waals surface area contributed by atoms with Gasteiger partial charge in [0.25, 0.3) is 11.5 Å². The highest BCUT2D eigenvalue weighted by Gasteiger charge is 2.20. The number of anilines is 1. The number of nitrogens with zero attached hydrogens (tertiary/aromatic N) is 2. The average Bonchev–Trinajstić information content (AvgIpc) is 2.72. The van der Waals surface area contributed by atoms with Crippen molar-refractivity contribution in [2.75, 3.05) is 5.32 Å². The summed E-state index contributed by atoms with van der Waals surface area (Å²) in [6, 6.07) is 18.8. The number of aromatic nitrogens is 2. The Balaban J connectivity index is 1.66. The van der Waals surface area contributed by atoms with E-state index in [1.807, 2.05) is 30.3 Å². The Kier molecular flexibility index (Phi) is 6.56. The molecule has 0 aliphatic heterocycles. The smallest absolute Gasteiger partial charge is 0.359 e. The zero-order valence-corrected chi connectivity index (χ0v) is 17.1. The van der Waals surface area contributed by atoms with Crippen molar-refractivity contribution in [2.24, 2.45) is 0 Å². The second kappa shape index (κ2) is 9.29. The Bertz CT molecular complexity index is 1070. The summed E-state index contributed by atoms with van der Waals surface area (Å²) < 4.78 is 7.26. The highest BCUT2D eigenvalue weighted by atomic mass is 79.9. The van der Waals surface area contributed by atoms with Crippen molar-refractivity contribution >= 4 is 33.5 Å². The monoisotopic (exact) mass is 455 g/mol. The van der Waals surface area contributed by atoms with Gasteiger partial charge in [0.1, 0.15) is 0 Å². The standard InChI is InChI=1S/C21H18BrN3O4/c1-14(20(27)23-17-9-7-16(22)8-10-17)29-21(28)18-11-12-19(26)25(24-18)13-15-5-3-2-4-6-15/h2-12,14H,13H2,1H3,(H,23,27)/t14-/m1/s1. The topological polar surface area (TPSA) is 90.3 Å². The fraction of sp³-hybridized carbons (Fsp3) is 0.143. The Hall–Kier alpha value is -3.26. The Morgan fingerprint density at radius 1 is 1.07 bits per heavy atom. The molecule has 1 aromatic heterocycles. The molecule has 7 nitrogen and oxygen atoms in total. The summed E-state index contributed by atoms with van der Waals surface area (Å²) in [6.07, 6.45) is -1.04. The number of halogens is 1. The summed E-state index contributed by atoms with van der Waals surface area (Å²) in [5.74, 6) is -1.26. The molecule has 0 saturated heterocycles. The van der Waals surface area contributed by atoms with E-state index in [2.05, 4.69) is 26.3 Å². The Labute approximate surface area is 175 Å². The quantitative estimate of drug-likeness (QED) is 0.576. The second-order valence-electron chi connectivity index (χ2n) is 6.24. The van der Waals surface area contributed by atoms with Gasteiger partial charge >= 0.3 is 5.97 Å². The molecule has 2 aromatic carbocycles. The molecule has 1 heterocycles. The minimum absolute atomic E-state index is 0.0520. The van der Waals surface area contributed by atoms with Crippen LogP contribution in [0.1, 0.15) is 23.0 Å². The summed E-state index contributed by atoms with van der Waals surface area (Å²) in [6.45, 7) is 1.69. The maximum Gasteiger partial charge on any atom is 0.359 e. The third-order valence-corrected chi connectivity index (χ3v) is 4.54. The summed E-state index contributed by atoms with van der Waals surface area (Å²) >= 11 is 3.32. The molecule has 148 valence electrons. The van der Waals surface area contributed by atoms with E-state index in [0.29, 0.717) is 5.69 Å². The summed E-state index contributed by atoms with van der Waals surface area (Å²) in [7, 11) is 0. The highest BCUT2D eigenvalue weighted by molar-refractivity contribution is 9.10. The molecule has 0 radical (unpaired) electrons. The number of nitrogens with one attached hydrogen (secondary N) is 1. The third-order valence-electron chi connectivity index (χ3n) is 4.02. The van der Waals surface area contributed by atoms with Gasteiger partial charge in [-0.1, -0.05) is 46.3 Å². The summed E-state index contributed by atoms with van der Waals surface area (Å²) in [5.41, 5.74) is 1.06. The van der Waals surface area contributed by atoms with Gasteiger partial charge in [0.05, 0.1) is 6.54 Å². The molecule has 0 bridgehead atoms. The van der Waals surface area contributed by atoms with Crippen molar-refractivity contribution in [1.29, 1.82) is 0 Å². The predicted molar refractivity (Wildman–Crippen MR) is 112 cm³/mol. The van der Waals surface area contributed by atoms with Crippen molar-refractivity contribution in [3.63, 3.8) is 0 Å². The van der Waals surface area contributed by atoms with E-state index >= 15 is 0 Å². The molecule has 0 aliphatic rings. The van der Waals surface area contributed by atoms with Crippen LogP contribution in [0.5, 0.6) is 0 Å². The van der Waals surface area contributed by atoms with Gasteiger partial charge in [0, 0.05) is 16.2 Å². The van der Waals surface area contributed by atoms with Gasteiger partial charge in [-0.05, 0) is 42.8 Å². The van der Waals surface area contributed by atoms with Crippen LogP contribution in [-0.2, 0) is 16.1 Å². The number of rotatable bonds is 6. The van der Waals surface area contributed by atoms with Crippen molar-refractivity contribution in [1.82, 2.24) is 9.78 Å². The van der Waals surface area contributed by atoms with Crippen molar-refractivity contribution in [3.8, 4) is 0 Å². The number of esters is 1. The third kappa shape index (κ3) is 5.61. The molecule has 0 aliphatic carbocycles. The van der Waals surface area contributed by atoms with Crippen LogP contribution < -0.4 is 10.9 Å². The molecule has 29 heavy (non-hydrogen) atoms. The lowest BCUT2D eigenvalue weighted by molar-refractivity contribution is -0.123. The lowest BCUT2D eigenvalue weighted by atomic mass is 10.2. The first-order valence-electron chi connectivity index (χ1n) is 8.82. The number of hydrogen-bond donors (Lipinski definition) is 1. The molecule has 0 saturated carbocycles. The van der Waals surface area contributed by atoms with Crippen molar-refractivity contribution < 1.29 is 14.3 Å². The maximum absolute atomic E-state index is 12.4. The first-order valence-corrected chi connectivity index (χ1v) is 9.61. The number of ether oxygens (including phenoxy) is 1. The average molecular weight is 456 g/mol. The van der Waals surface area contributed by atoms with Crippen molar-refractivity contribution in [3.05, 3.63) is 92.8 Å². The highest BCUT2D eigenvalue weighted by Crippen LogP contribution is 2.14. The maximum atomic E-state index is 12.4. The summed E-state index contributed by atoms with van der Waals surface area (Å²) in [5, 5.41) is 6.73. The Morgan fingerprint density at radius 3 is 2.45 bits per heavy atom. The number of amides is 1. The van der Waals surface area contributed by atoms with Gasteiger partial charge in [-0.25, -0.2) is 9.48 Å². The minimum Gasteiger partial charge on any atom is -0.448 e. The van der Waals surface area contributed by atoms with Crippen LogP contribution in [0, 0.1) is 0 Å². The molecular weight excluding hydrogens is 438 g/mol. The van der Waals surface area contributed by atoms with E-state index in [0.717, 1.165) is 10.0 Å². The van der Waals surface area contributed by atoms with Crippen LogP contribution in [-0.4, -0.2) is 27.8 Å². The van der Waals surface area contributed by atoms with Crippen LogP contribution >= 0.6 is 15.9 Å². The van der Waals surface area contributed by atoms with E-state index in [9.17, 15) is 14.4 Å². The van der Waals surface area contributed by atoms with Gasteiger partial charge in [0.15, 0.2) is 11.8 Å². The zero-order valence-electron chi connectivity index (χ0n) is 15.5. The number of carbonyl (C=O) groups excluding carboxylic acids is 2. The van der Waals surface area contributed by atoms with Crippen molar-refractivity contribution in [2.45, 2.75) is 19.6 Å². The van der Waals surface area contributed by atoms with Crippen LogP contribution in [0.4, 0.5) is 5.69 Å². The molecule has 3 aromatic rings. The van der Waals surface area contributed by atoms with Gasteiger partial charge in [-0.3, -0.25) is 9.59 Å². The first-order chi connectivity index (χ1) is 13.9. The van der Waals surface area contributed by atoms with E-state index < -0.39 is 18.0 Å². The lowest BCUT2D eigenvalue weighted by Crippen LogP contribution is -2.31. The summed E-state index contributed by atoms with van der Waals surface area (Å²) in [4.78, 5) is 36.7. The van der Waals surface area contributed by atoms with Gasteiger partial charge in [-0.2, -0.15) is 5.10 Å². The molecule has 1 atom stereocenters. The van der Waals surface area contributed by atoms with E-state index in [1.54, 1.807) is 24.3 Å². The largest absolute Gasteiger partial charge is 0.448 e. The van der Waals surface area contributed by atoms with Gasteiger partial charge in [-0.15, -0.1) is 0 Å². The van der Waals surface area contributed by atoms with E-state index in [-0.39, 0.29) is 17.8 Å². The normalized spacial score (nSPS) is 11.5. The molecular formula is C21H18BrN3O4. The van der Waals surface area contributed by atoms with Crippen LogP contribution in [0.25, 0.3) is 0 Å². The van der Waals surface area contributed by atoms with E-state index in [4.69, 9.17) is 4.74 Å². The fourth-order valence-electron chi connectivity index (χ4n) is 2.48. The van der Waals surface area contributed by atoms with Gasteiger partial charge < -0.3 is 10.1 Å². The van der Waals surface area contributed by atoms with Crippen LogP contribution in [0.3, 0.4) is 0 Å². The lowest BCUT2D eigenvalue weighted by Gasteiger charge is -2.14. The molecule has 3 rings (SSSR count). The molecule has 8 heteroatoms. The van der Waals surface area contributed by atoms with E-state index in [1.165, 1.54) is 23.7 Å². The molecule has 1 amide bonds. The molecule has 0 spiro atoms.